The van der Waals surface area contributed by atoms with Crippen molar-refractivity contribution in [3.05, 3.63) is 52.5 Å². The summed E-state index contributed by atoms with van der Waals surface area (Å²) in [5.41, 5.74) is 6.40. The molecule has 2 aromatic carbocycles. The molecule has 0 aliphatic heterocycles. The Balaban J connectivity index is 2.21. The van der Waals surface area contributed by atoms with Gasteiger partial charge in [0.15, 0.2) is 11.5 Å². The number of methoxy groups -OCH3 is 1. The molecule has 0 radical (unpaired) electrons. The van der Waals surface area contributed by atoms with Crippen molar-refractivity contribution in [2.45, 2.75) is 13.3 Å². The minimum atomic E-state index is -0.530. The van der Waals surface area contributed by atoms with E-state index in [4.69, 9.17) is 26.8 Å². The molecule has 6 nitrogen and oxygen atoms in total. The lowest BCUT2D eigenvalue weighted by Gasteiger charge is -2.14. The summed E-state index contributed by atoms with van der Waals surface area (Å²) in [5.74, 6) is -0.102. The molecule has 0 atom stereocenters. The van der Waals surface area contributed by atoms with E-state index in [-0.39, 0.29) is 5.91 Å². The summed E-state index contributed by atoms with van der Waals surface area (Å²) in [4.78, 5) is 23.5. The van der Waals surface area contributed by atoms with Gasteiger partial charge in [-0.25, -0.2) is 0 Å². The number of hydrogen-bond donors (Lipinski definition) is 2. The van der Waals surface area contributed by atoms with Crippen molar-refractivity contribution in [3.8, 4) is 11.5 Å². The van der Waals surface area contributed by atoms with Crippen LogP contribution in [0, 0.1) is 0 Å². The molecule has 0 aliphatic rings. The minimum absolute atomic E-state index is 0.294. The maximum atomic E-state index is 12.4. The van der Waals surface area contributed by atoms with E-state index in [9.17, 15) is 9.59 Å². The molecule has 7 heteroatoms. The van der Waals surface area contributed by atoms with Crippen LogP contribution >= 0.6 is 11.6 Å². The summed E-state index contributed by atoms with van der Waals surface area (Å²) >= 11 is 6.22. The van der Waals surface area contributed by atoms with Gasteiger partial charge in [-0.15, -0.1) is 0 Å². The maximum Gasteiger partial charge on any atom is 0.255 e. The summed E-state index contributed by atoms with van der Waals surface area (Å²) in [6.07, 6.45) is 0.822. The highest BCUT2D eigenvalue weighted by atomic mass is 35.5. The first kappa shape index (κ1) is 18.6. The smallest absolute Gasteiger partial charge is 0.255 e. The van der Waals surface area contributed by atoms with Crippen molar-refractivity contribution in [3.63, 3.8) is 0 Å². The van der Waals surface area contributed by atoms with Crippen LogP contribution in [-0.2, 0) is 0 Å². The molecule has 25 heavy (non-hydrogen) atoms. The minimum Gasteiger partial charge on any atom is -0.493 e. The summed E-state index contributed by atoms with van der Waals surface area (Å²) in [5, 5.41) is 3.01. The van der Waals surface area contributed by atoms with E-state index < -0.39 is 5.91 Å². The van der Waals surface area contributed by atoms with Crippen LogP contribution in [0.4, 0.5) is 5.69 Å². The Morgan fingerprint density at radius 3 is 2.40 bits per heavy atom. The molecule has 2 rings (SSSR count). The standard InChI is InChI=1S/C18H19ClN2O4/c1-3-8-25-16-14(19)9-12(10-15(16)24-2)18(23)21-13-6-4-11(5-7-13)17(20)22/h4-7,9-10H,3,8H2,1-2H3,(H2,20,22)(H,21,23). The first-order chi connectivity index (χ1) is 12.0. The van der Waals surface area contributed by atoms with Crippen LogP contribution in [0.15, 0.2) is 36.4 Å². The molecule has 0 aromatic heterocycles. The Hall–Kier alpha value is -2.73. The molecule has 0 heterocycles. The highest BCUT2D eigenvalue weighted by Crippen LogP contribution is 2.36. The first-order valence-electron chi connectivity index (χ1n) is 7.67. The molecule has 2 aromatic rings. The largest absolute Gasteiger partial charge is 0.493 e. The Morgan fingerprint density at radius 2 is 1.84 bits per heavy atom. The molecule has 3 N–H and O–H groups in total. The molecule has 0 unspecified atom stereocenters. The number of hydrogen-bond acceptors (Lipinski definition) is 4. The molecule has 0 saturated heterocycles. The second kappa shape index (κ2) is 8.39. The normalized spacial score (nSPS) is 10.2. The number of primary amides is 1. The number of amides is 2. The SMILES string of the molecule is CCCOc1c(Cl)cc(C(=O)Nc2ccc(C(N)=O)cc2)cc1OC. The predicted molar refractivity (Wildman–Crippen MR) is 96.7 cm³/mol. The molecule has 132 valence electrons. The lowest BCUT2D eigenvalue weighted by molar-refractivity contribution is 0.0998. The number of benzene rings is 2. The third kappa shape index (κ3) is 4.64. The van der Waals surface area contributed by atoms with Crippen molar-refractivity contribution >= 4 is 29.1 Å². The van der Waals surface area contributed by atoms with Crippen LogP contribution in [0.1, 0.15) is 34.1 Å². The molecule has 0 saturated carbocycles. The fourth-order valence-electron chi connectivity index (χ4n) is 2.12. The Kier molecular flexibility index (Phi) is 6.25. The van der Waals surface area contributed by atoms with Gasteiger partial charge in [-0.3, -0.25) is 9.59 Å². The maximum absolute atomic E-state index is 12.4. The molecular weight excluding hydrogens is 344 g/mol. The van der Waals surface area contributed by atoms with Gasteiger partial charge in [0, 0.05) is 16.8 Å². The summed E-state index contributed by atoms with van der Waals surface area (Å²) in [6.45, 7) is 2.47. The highest BCUT2D eigenvalue weighted by Gasteiger charge is 2.16. The molecule has 0 bridgehead atoms. The van der Waals surface area contributed by atoms with Gasteiger partial charge in [-0.2, -0.15) is 0 Å². The van der Waals surface area contributed by atoms with Crippen molar-refractivity contribution in [2.24, 2.45) is 5.73 Å². The molecule has 0 spiro atoms. The summed E-state index contributed by atoms with van der Waals surface area (Å²) in [6, 6.07) is 9.33. The van der Waals surface area contributed by atoms with Gasteiger partial charge in [0.25, 0.3) is 5.91 Å². The third-order valence-corrected chi connectivity index (χ3v) is 3.65. The molecule has 0 aliphatic carbocycles. The number of carbonyl (C=O) groups excluding carboxylic acids is 2. The van der Waals surface area contributed by atoms with Gasteiger partial charge in [0.05, 0.1) is 18.7 Å². The van der Waals surface area contributed by atoms with E-state index in [2.05, 4.69) is 5.32 Å². The Bertz CT molecular complexity index is 775. The van der Waals surface area contributed by atoms with Crippen molar-refractivity contribution in [2.75, 3.05) is 19.0 Å². The molecule has 0 fully saturated rings. The molecular formula is C18H19ClN2O4. The average Bonchev–Trinajstić information content (AvgIpc) is 2.60. The van der Waals surface area contributed by atoms with E-state index in [1.54, 1.807) is 18.2 Å². The van der Waals surface area contributed by atoms with E-state index in [1.807, 2.05) is 6.92 Å². The van der Waals surface area contributed by atoms with E-state index in [0.717, 1.165) is 6.42 Å². The van der Waals surface area contributed by atoms with Gasteiger partial charge in [-0.1, -0.05) is 18.5 Å². The zero-order valence-corrected chi connectivity index (χ0v) is 14.7. The van der Waals surface area contributed by atoms with E-state index in [1.165, 1.54) is 25.3 Å². The van der Waals surface area contributed by atoms with E-state index in [0.29, 0.717) is 39.9 Å². The van der Waals surface area contributed by atoms with Crippen LogP contribution in [0.25, 0.3) is 0 Å². The number of nitrogens with one attached hydrogen (secondary N) is 1. The van der Waals surface area contributed by atoms with Crippen LogP contribution < -0.4 is 20.5 Å². The average molecular weight is 363 g/mol. The lowest BCUT2D eigenvalue weighted by Crippen LogP contribution is -2.14. The van der Waals surface area contributed by atoms with Crippen molar-refractivity contribution in [1.82, 2.24) is 0 Å². The van der Waals surface area contributed by atoms with Gasteiger partial charge in [0.2, 0.25) is 5.91 Å². The number of carbonyl (C=O) groups is 2. The second-order valence-electron chi connectivity index (χ2n) is 5.23. The third-order valence-electron chi connectivity index (χ3n) is 3.37. The number of nitrogens with two attached hydrogens (primary N) is 1. The zero-order valence-electron chi connectivity index (χ0n) is 14.0. The van der Waals surface area contributed by atoms with Crippen LogP contribution in [0.2, 0.25) is 5.02 Å². The lowest BCUT2D eigenvalue weighted by atomic mass is 10.1. The fraction of sp³-hybridized carbons (Fsp3) is 0.222. The summed E-state index contributed by atoms with van der Waals surface area (Å²) in [7, 11) is 1.48. The van der Waals surface area contributed by atoms with Crippen LogP contribution in [0.5, 0.6) is 11.5 Å². The fourth-order valence-corrected chi connectivity index (χ4v) is 2.38. The van der Waals surface area contributed by atoms with Crippen LogP contribution in [-0.4, -0.2) is 25.5 Å². The van der Waals surface area contributed by atoms with Gasteiger partial charge in [-0.05, 0) is 42.8 Å². The second-order valence-corrected chi connectivity index (χ2v) is 5.64. The number of halogens is 1. The van der Waals surface area contributed by atoms with Crippen molar-refractivity contribution < 1.29 is 19.1 Å². The van der Waals surface area contributed by atoms with E-state index >= 15 is 0 Å². The number of ether oxygens (including phenoxy) is 2. The zero-order chi connectivity index (χ0) is 18.4. The topological polar surface area (TPSA) is 90.6 Å². The summed E-state index contributed by atoms with van der Waals surface area (Å²) < 4.78 is 10.8. The monoisotopic (exact) mass is 362 g/mol. The van der Waals surface area contributed by atoms with Gasteiger partial charge in [0.1, 0.15) is 0 Å². The quantitative estimate of drug-likeness (QED) is 0.788. The first-order valence-corrected chi connectivity index (χ1v) is 8.05. The van der Waals surface area contributed by atoms with Crippen LogP contribution in [0.3, 0.4) is 0 Å². The Labute approximate surface area is 150 Å². The highest BCUT2D eigenvalue weighted by molar-refractivity contribution is 6.32. The van der Waals surface area contributed by atoms with Crippen molar-refractivity contribution in [1.29, 1.82) is 0 Å². The predicted octanol–water partition coefficient (Wildman–Crippen LogP) is 3.49. The molecule has 2 amide bonds. The van der Waals surface area contributed by atoms with Gasteiger partial charge < -0.3 is 20.5 Å². The van der Waals surface area contributed by atoms with Gasteiger partial charge >= 0.3 is 0 Å². The Morgan fingerprint density at radius 1 is 1.16 bits per heavy atom. The number of anilines is 1. The number of rotatable bonds is 7.